The number of nitrogens with one attached hydrogen (secondary N) is 5. The topological polar surface area (TPSA) is 262 Å². The largest absolute Gasteiger partial charge is 0.496 e. The number of ether oxygens (including phenoxy) is 1. The van der Waals surface area contributed by atoms with Gasteiger partial charge in [0.15, 0.2) is 5.96 Å². The first kappa shape index (κ1) is 49.0. The first-order valence-electron chi connectivity index (χ1n) is 21.4. The van der Waals surface area contributed by atoms with Gasteiger partial charge in [0.25, 0.3) is 0 Å². The zero-order chi connectivity index (χ0) is 45.9. The quantitative estimate of drug-likeness (QED) is 0.0395. The molecule has 0 saturated carbocycles. The fourth-order valence-electron chi connectivity index (χ4n) is 7.74. The Balaban J connectivity index is 1.68. The highest BCUT2D eigenvalue weighted by Crippen LogP contribution is 2.35. The van der Waals surface area contributed by atoms with Crippen LogP contribution in [0.1, 0.15) is 86.6 Å². The van der Waals surface area contributed by atoms with Gasteiger partial charge in [0.1, 0.15) is 29.4 Å². The van der Waals surface area contributed by atoms with Gasteiger partial charge in [0.2, 0.25) is 35.4 Å². The molecule has 0 spiro atoms. The second-order valence-electron chi connectivity index (χ2n) is 15.8. The van der Waals surface area contributed by atoms with E-state index in [-0.39, 0.29) is 63.4 Å². The number of guanidine groups is 1. The summed E-state index contributed by atoms with van der Waals surface area (Å²) in [6.07, 6.45) is 4.71. The Morgan fingerprint density at radius 2 is 1.54 bits per heavy atom. The molecule has 0 fully saturated rings. The summed E-state index contributed by atoms with van der Waals surface area (Å²) in [7, 11) is 1.59. The number of methoxy groups -OCH3 is 1. The molecule has 4 atom stereocenters. The molecule has 3 aromatic carbocycles. The van der Waals surface area contributed by atoms with E-state index in [0.717, 1.165) is 39.8 Å². The van der Waals surface area contributed by atoms with Crippen molar-refractivity contribution in [3.05, 3.63) is 107 Å². The van der Waals surface area contributed by atoms with E-state index in [2.05, 4.69) is 31.6 Å². The number of allylic oxidation sites excluding steroid dienone is 1. The Kier molecular flexibility index (Phi) is 18.7. The highest BCUT2D eigenvalue weighted by molar-refractivity contribution is 5.98. The first-order chi connectivity index (χ1) is 30.2. The lowest BCUT2D eigenvalue weighted by Crippen LogP contribution is -2.65. The highest BCUT2D eigenvalue weighted by Gasteiger charge is 2.44. The molecular formula is C47H63N9O7. The number of unbranched alkanes of at least 4 members (excludes halogenated alkanes) is 1. The highest BCUT2D eigenvalue weighted by atomic mass is 16.5. The molecule has 16 heteroatoms. The van der Waals surface area contributed by atoms with Gasteiger partial charge in [-0.3, -0.25) is 33.8 Å². The summed E-state index contributed by atoms with van der Waals surface area (Å²) in [5, 5.41) is 14.2. The van der Waals surface area contributed by atoms with E-state index in [0.29, 0.717) is 18.6 Å². The Labute approximate surface area is 369 Å². The average Bonchev–Trinajstić information content (AvgIpc) is 3.26. The molecule has 0 heterocycles. The Morgan fingerprint density at radius 3 is 2.21 bits per heavy atom. The number of rotatable bonds is 23. The van der Waals surface area contributed by atoms with Gasteiger partial charge in [-0.15, -0.1) is 0 Å². The van der Waals surface area contributed by atoms with Crippen molar-refractivity contribution in [2.75, 3.05) is 20.2 Å². The zero-order valence-corrected chi connectivity index (χ0v) is 36.8. The molecular weight excluding hydrogens is 803 g/mol. The van der Waals surface area contributed by atoms with Crippen LogP contribution < -0.4 is 48.5 Å². The molecule has 16 nitrogen and oxygen atoms in total. The summed E-state index contributed by atoms with van der Waals surface area (Å²) in [6.45, 7) is 5.40. The van der Waals surface area contributed by atoms with Crippen LogP contribution in [0.15, 0.2) is 83.9 Å². The molecule has 1 unspecified atom stereocenters. The average molecular weight is 866 g/mol. The Hall–Kier alpha value is -6.71. The minimum Gasteiger partial charge on any atom is -0.496 e. The van der Waals surface area contributed by atoms with Crippen LogP contribution in [0.2, 0.25) is 0 Å². The molecule has 6 amide bonds. The number of hydrogen-bond acceptors (Lipinski definition) is 8. The van der Waals surface area contributed by atoms with Crippen LogP contribution in [0.4, 0.5) is 0 Å². The van der Waals surface area contributed by atoms with Crippen LogP contribution in [-0.4, -0.2) is 85.3 Å². The van der Waals surface area contributed by atoms with Crippen molar-refractivity contribution in [2.24, 2.45) is 22.2 Å². The van der Waals surface area contributed by atoms with E-state index in [4.69, 9.17) is 21.9 Å². The molecule has 63 heavy (non-hydrogen) atoms. The number of nitrogens with two attached hydrogens (primary N) is 3. The van der Waals surface area contributed by atoms with E-state index in [1.54, 1.807) is 7.11 Å². The lowest BCUT2D eigenvalue weighted by atomic mass is 9.76. The molecule has 1 aliphatic rings. The molecule has 0 aromatic heterocycles. The summed E-state index contributed by atoms with van der Waals surface area (Å²) >= 11 is 0. The van der Waals surface area contributed by atoms with Crippen molar-refractivity contribution in [3.63, 3.8) is 0 Å². The maximum absolute atomic E-state index is 14.8. The third kappa shape index (κ3) is 14.4. The van der Waals surface area contributed by atoms with E-state index >= 15 is 0 Å². The van der Waals surface area contributed by atoms with Crippen molar-refractivity contribution in [3.8, 4) is 5.75 Å². The number of primary amides is 1. The predicted octanol–water partition coefficient (Wildman–Crippen LogP) is 2.38. The summed E-state index contributed by atoms with van der Waals surface area (Å²) in [4.78, 5) is 86.4. The van der Waals surface area contributed by atoms with Crippen molar-refractivity contribution < 1.29 is 33.5 Å². The molecule has 0 saturated heterocycles. The summed E-state index contributed by atoms with van der Waals surface area (Å²) in [5.41, 5.74) is 20.2. The fraction of sp³-hybridized carbons (Fsp3) is 0.426. The maximum atomic E-state index is 14.8. The third-order valence-electron chi connectivity index (χ3n) is 11.1. The summed E-state index contributed by atoms with van der Waals surface area (Å²) in [6, 6.07) is 18.6. The minimum absolute atomic E-state index is 0.0418. The van der Waals surface area contributed by atoms with Crippen molar-refractivity contribution in [2.45, 2.75) is 109 Å². The molecule has 0 bridgehead atoms. The third-order valence-corrected chi connectivity index (χ3v) is 11.1. The van der Waals surface area contributed by atoms with Gasteiger partial charge in [0.05, 0.1) is 13.7 Å². The Morgan fingerprint density at radius 1 is 0.841 bits per heavy atom. The van der Waals surface area contributed by atoms with Crippen LogP contribution in [-0.2, 0) is 48.0 Å². The van der Waals surface area contributed by atoms with E-state index in [9.17, 15) is 28.8 Å². The number of aliphatic imine (C=N–C) groups is 1. The first-order valence-corrected chi connectivity index (χ1v) is 21.4. The van der Waals surface area contributed by atoms with Gasteiger partial charge in [-0.25, -0.2) is 0 Å². The molecule has 3 aromatic rings. The number of nitrogens with zero attached hydrogens (tertiary/aromatic N) is 1. The molecule has 0 radical (unpaired) electrons. The molecule has 1 aliphatic carbocycles. The molecule has 0 aliphatic heterocycles. The number of aryl methyl sites for hydroxylation is 1. The lowest BCUT2D eigenvalue weighted by Gasteiger charge is -2.39. The van der Waals surface area contributed by atoms with Crippen LogP contribution in [0, 0.1) is 6.92 Å². The normalized spacial score (nSPS) is 15.9. The molecule has 4 rings (SSSR count). The van der Waals surface area contributed by atoms with Gasteiger partial charge in [0, 0.05) is 32.2 Å². The van der Waals surface area contributed by atoms with Crippen molar-refractivity contribution >= 4 is 47.0 Å². The minimum atomic E-state index is -1.40. The Bertz CT molecular complexity index is 2140. The number of amides is 6. The van der Waals surface area contributed by atoms with Crippen LogP contribution in [0.5, 0.6) is 5.75 Å². The molecule has 338 valence electrons. The number of hydrogen-bond donors (Lipinski definition) is 8. The fourth-order valence-corrected chi connectivity index (χ4v) is 7.74. The number of benzene rings is 3. The van der Waals surface area contributed by atoms with Gasteiger partial charge in [-0.2, -0.15) is 0 Å². The van der Waals surface area contributed by atoms with Gasteiger partial charge >= 0.3 is 0 Å². The standard InChI is InChI=1S/C47H63N9O7/c1-5-7-22-41(58)56-47(24-23-35-33(28-47)18-13-21-39(35)63-4)45(62)55-37(26-31-16-9-8-10-17-31)44(61)53-36(20-14-25-51-46(49)50)43(60)54-38(42(59)52-29-40(48)57)27-32(6-2)34-19-12-11-15-30(34)3/h6,8-13,15-19,21,36-38H,5,7,14,20,22-29H2,1-4H3,(H2,48,57)(H,52,59)(H,53,61)(H,54,60)(H,55,62)(H,56,58)(H4,49,50,51)/b32-6-/t36-,37+,38-,47?/m0/s1. The zero-order valence-electron chi connectivity index (χ0n) is 36.8. The van der Waals surface area contributed by atoms with Crippen LogP contribution >= 0.6 is 0 Å². The summed E-state index contributed by atoms with van der Waals surface area (Å²) in [5.74, 6) is -3.09. The predicted molar refractivity (Wildman–Crippen MR) is 243 cm³/mol. The number of carbonyl (C=O) groups excluding carboxylic acids is 6. The second-order valence-corrected chi connectivity index (χ2v) is 15.8. The number of fused-ring (bicyclic) bond motifs is 1. The van der Waals surface area contributed by atoms with E-state index in [1.165, 1.54) is 0 Å². The van der Waals surface area contributed by atoms with Crippen LogP contribution in [0.3, 0.4) is 0 Å². The van der Waals surface area contributed by atoms with Crippen molar-refractivity contribution in [1.29, 1.82) is 0 Å². The number of carbonyl (C=O) groups is 6. The lowest BCUT2D eigenvalue weighted by molar-refractivity contribution is -0.137. The maximum Gasteiger partial charge on any atom is 0.246 e. The second kappa shape index (κ2) is 24.1. The smallest absolute Gasteiger partial charge is 0.246 e. The van der Waals surface area contributed by atoms with Gasteiger partial charge in [-0.1, -0.05) is 86.2 Å². The van der Waals surface area contributed by atoms with Crippen LogP contribution in [0.25, 0.3) is 5.57 Å². The van der Waals surface area contributed by atoms with Crippen molar-refractivity contribution in [1.82, 2.24) is 26.6 Å². The van der Waals surface area contributed by atoms with Gasteiger partial charge < -0.3 is 48.5 Å². The molecule has 11 N–H and O–H groups in total. The summed E-state index contributed by atoms with van der Waals surface area (Å²) < 4.78 is 5.61. The van der Waals surface area contributed by atoms with Gasteiger partial charge in [-0.05, 0) is 85.4 Å². The monoisotopic (exact) mass is 865 g/mol. The SMILES string of the molecule is C/C=C(/C[C@H](NC(=O)[C@H](CCCN=C(N)N)NC(=O)[C@@H](Cc1ccccc1)NC(=O)C1(NC(=O)CCCC)CCc2c(cccc2OC)C1)C(=O)NCC(N)=O)c1ccccc1C. The van der Waals surface area contributed by atoms with E-state index in [1.807, 2.05) is 99.6 Å². The van der Waals surface area contributed by atoms with E-state index < -0.39 is 59.7 Å².